The highest BCUT2D eigenvalue weighted by Gasteiger charge is 2.19. The van der Waals surface area contributed by atoms with Gasteiger partial charge >= 0.3 is 0 Å². The molecule has 5 heteroatoms. The van der Waals surface area contributed by atoms with E-state index in [1.54, 1.807) is 18.3 Å². The third kappa shape index (κ3) is 3.78. The maximum absolute atomic E-state index is 11.7. The standard InChI is InChI=1S/C19H15ClN2OS/c20-15-10-8-14(9-11-15)17(13-5-2-1-3-6-13)24-19-16(18(21)23)7-4-12-22-19/h1-12,17H,(H2,21,23)/t17-/m1/s1. The Bertz CT molecular complexity index is 838. The molecule has 0 saturated heterocycles. The quantitative estimate of drug-likeness (QED) is 0.675. The summed E-state index contributed by atoms with van der Waals surface area (Å²) in [6.07, 6.45) is 1.67. The van der Waals surface area contributed by atoms with Crippen molar-refractivity contribution in [2.24, 2.45) is 5.73 Å². The first-order valence-corrected chi connectivity index (χ1v) is 8.63. The molecule has 0 fully saturated rings. The van der Waals surface area contributed by atoms with Crippen LogP contribution in [0.15, 0.2) is 78.0 Å². The number of thioether (sulfide) groups is 1. The zero-order chi connectivity index (χ0) is 16.9. The van der Waals surface area contributed by atoms with E-state index in [2.05, 4.69) is 17.1 Å². The summed E-state index contributed by atoms with van der Waals surface area (Å²) >= 11 is 7.51. The summed E-state index contributed by atoms with van der Waals surface area (Å²) in [5.41, 5.74) is 8.10. The molecule has 0 saturated carbocycles. The van der Waals surface area contributed by atoms with E-state index in [0.29, 0.717) is 15.6 Å². The molecule has 1 heterocycles. The Balaban J connectivity index is 2.03. The Morgan fingerprint density at radius 2 is 1.62 bits per heavy atom. The Morgan fingerprint density at radius 3 is 2.29 bits per heavy atom. The van der Waals surface area contributed by atoms with E-state index in [9.17, 15) is 4.79 Å². The van der Waals surface area contributed by atoms with Crippen LogP contribution in [0.1, 0.15) is 26.7 Å². The van der Waals surface area contributed by atoms with Crippen molar-refractivity contribution >= 4 is 29.3 Å². The molecule has 0 aliphatic rings. The first-order chi connectivity index (χ1) is 11.6. The van der Waals surface area contributed by atoms with Gasteiger partial charge in [-0.15, -0.1) is 0 Å². The van der Waals surface area contributed by atoms with Crippen LogP contribution in [0.5, 0.6) is 0 Å². The van der Waals surface area contributed by atoms with Gasteiger partial charge < -0.3 is 5.73 Å². The summed E-state index contributed by atoms with van der Waals surface area (Å²) in [4.78, 5) is 16.0. The fraction of sp³-hybridized carbons (Fsp3) is 0.0526. The molecule has 0 radical (unpaired) electrons. The van der Waals surface area contributed by atoms with Crippen molar-refractivity contribution in [3.8, 4) is 0 Å². The van der Waals surface area contributed by atoms with Gasteiger partial charge in [0.05, 0.1) is 10.8 Å². The second-order valence-electron chi connectivity index (χ2n) is 5.18. The number of nitrogens with two attached hydrogens (primary N) is 1. The van der Waals surface area contributed by atoms with Gasteiger partial charge in [-0.3, -0.25) is 4.79 Å². The lowest BCUT2D eigenvalue weighted by Gasteiger charge is -2.18. The summed E-state index contributed by atoms with van der Waals surface area (Å²) in [7, 11) is 0. The lowest BCUT2D eigenvalue weighted by atomic mass is 10.0. The molecule has 1 amide bonds. The predicted molar refractivity (Wildman–Crippen MR) is 98.3 cm³/mol. The number of halogens is 1. The zero-order valence-electron chi connectivity index (χ0n) is 12.7. The zero-order valence-corrected chi connectivity index (χ0v) is 14.3. The average Bonchev–Trinajstić information content (AvgIpc) is 2.61. The first kappa shape index (κ1) is 16.6. The molecule has 24 heavy (non-hydrogen) atoms. The Morgan fingerprint density at radius 1 is 0.958 bits per heavy atom. The van der Waals surface area contributed by atoms with Gasteiger partial charge in [0.1, 0.15) is 5.03 Å². The average molecular weight is 355 g/mol. The Hall–Kier alpha value is -2.30. The molecular weight excluding hydrogens is 340 g/mol. The van der Waals surface area contributed by atoms with Crippen LogP contribution < -0.4 is 5.73 Å². The molecule has 0 aliphatic carbocycles. The number of primary amides is 1. The van der Waals surface area contributed by atoms with Crippen LogP contribution in [-0.4, -0.2) is 10.9 Å². The van der Waals surface area contributed by atoms with Gasteiger partial charge in [0.25, 0.3) is 5.91 Å². The Labute approximate surface area is 149 Å². The highest BCUT2D eigenvalue weighted by molar-refractivity contribution is 7.99. The van der Waals surface area contributed by atoms with E-state index in [1.807, 2.05) is 42.5 Å². The van der Waals surface area contributed by atoms with E-state index in [4.69, 9.17) is 17.3 Å². The molecule has 3 aromatic rings. The third-order valence-electron chi connectivity index (χ3n) is 3.54. The molecule has 1 aromatic heterocycles. The lowest BCUT2D eigenvalue weighted by Crippen LogP contribution is -2.13. The normalized spacial score (nSPS) is 11.9. The highest BCUT2D eigenvalue weighted by atomic mass is 35.5. The van der Waals surface area contributed by atoms with Crippen molar-refractivity contribution in [2.45, 2.75) is 10.3 Å². The third-order valence-corrected chi connectivity index (χ3v) is 5.12. The summed E-state index contributed by atoms with van der Waals surface area (Å²) in [6, 6.07) is 21.2. The molecule has 3 rings (SSSR count). The van der Waals surface area contributed by atoms with Crippen molar-refractivity contribution in [1.82, 2.24) is 4.98 Å². The van der Waals surface area contributed by atoms with Crippen LogP contribution in [0.25, 0.3) is 0 Å². The summed E-state index contributed by atoms with van der Waals surface area (Å²) in [5.74, 6) is -0.478. The molecule has 0 aliphatic heterocycles. The number of hydrogen-bond acceptors (Lipinski definition) is 3. The number of carbonyl (C=O) groups excluding carboxylic acids is 1. The van der Waals surface area contributed by atoms with Gasteiger partial charge in [-0.1, -0.05) is 65.8 Å². The number of pyridine rings is 1. The van der Waals surface area contributed by atoms with E-state index in [-0.39, 0.29) is 5.25 Å². The smallest absolute Gasteiger partial charge is 0.251 e. The van der Waals surface area contributed by atoms with Gasteiger partial charge in [0.2, 0.25) is 0 Å². The van der Waals surface area contributed by atoms with Crippen LogP contribution in [0.3, 0.4) is 0 Å². The van der Waals surface area contributed by atoms with Gasteiger partial charge in [-0.2, -0.15) is 0 Å². The number of hydrogen-bond donors (Lipinski definition) is 1. The summed E-state index contributed by atoms with van der Waals surface area (Å²) in [6.45, 7) is 0. The number of nitrogens with zero attached hydrogens (tertiary/aromatic N) is 1. The van der Waals surface area contributed by atoms with E-state index >= 15 is 0 Å². The Kier molecular flexibility index (Phi) is 5.18. The minimum absolute atomic E-state index is 0.0172. The number of benzene rings is 2. The maximum Gasteiger partial charge on any atom is 0.251 e. The molecule has 2 aromatic carbocycles. The van der Waals surface area contributed by atoms with Crippen molar-refractivity contribution in [1.29, 1.82) is 0 Å². The minimum atomic E-state index is -0.478. The van der Waals surface area contributed by atoms with Crippen LogP contribution in [0.2, 0.25) is 5.02 Å². The van der Waals surface area contributed by atoms with Crippen LogP contribution in [0, 0.1) is 0 Å². The molecule has 0 spiro atoms. The van der Waals surface area contributed by atoms with Crippen molar-refractivity contribution in [3.63, 3.8) is 0 Å². The molecule has 0 unspecified atom stereocenters. The van der Waals surface area contributed by atoms with Crippen LogP contribution >= 0.6 is 23.4 Å². The molecule has 3 nitrogen and oxygen atoms in total. The van der Waals surface area contributed by atoms with Crippen molar-refractivity contribution in [3.05, 3.63) is 94.6 Å². The maximum atomic E-state index is 11.7. The number of aromatic nitrogens is 1. The van der Waals surface area contributed by atoms with Crippen LogP contribution in [0.4, 0.5) is 0 Å². The topological polar surface area (TPSA) is 56.0 Å². The fourth-order valence-corrected chi connectivity index (χ4v) is 3.73. The SMILES string of the molecule is NC(=O)c1cccnc1S[C@H](c1ccccc1)c1ccc(Cl)cc1. The largest absolute Gasteiger partial charge is 0.366 e. The van der Waals surface area contributed by atoms with Gasteiger partial charge in [-0.05, 0) is 35.4 Å². The minimum Gasteiger partial charge on any atom is -0.366 e. The van der Waals surface area contributed by atoms with Gasteiger partial charge in [0.15, 0.2) is 0 Å². The second kappa shape index (κ2) is 7.51. The summed E-state index contributed by atoms with van der Waals surface area (Å²) in [5, 5.41) is 1.29. The molecule has 1 atom stereocenters. The van der Waals surface area contributed by atoms with Gasteiger partial charge in [-0.25, -0.2) is 4.98 Å². The molecular formula is C19H15ClN2OS. The lowest BCUT2D eigenvalue weighted by molar-refractivity contribution is 0.0997. The predicted octanol–water partition coefficient (Wildman–Crippen LogP) is 4.72. The van der Waals surface area contributed by atoms with Crippen LogP contribution in [-0.2, 0) is 0 Å². The molecule has 0 bridgehead atoms. The van der Waals surface area contributed by atoms with Gasteiger partial charge in [0, 0.05) is 11.2 Å². The monoisotopic (exact) mass is 354 g/mol. The number of amides is 1. The first-order valence-electron chi connectivity index (χ1n) is 7.37. The highest BCUT2D eigenvalue weighted by Crippen LogP contribution is 2.40. The molecule has 120 valence electrons. The number of rotatable bonds is 5. The van der Waals surface area contributed by atoms with Crippen molar-refractivity contribution in [2.75, 3.05) is 0 Å². The number of carbonyl (C=O) groups is 1. The molecule has 2 N–H and O–H groups in total. The second-order valence-corrected chi connectivity index (χ2v) is 6.71. The van der Waals surface area contributed by atoms with E-state index in [1.165, 1.54) is 11.8 Å². The summed E-state index contributed by atoms with van der Waals surface area (Å²) < 4.78 is 0. The van der Waals surface area contributed by atoms with E-state index in [0.717, 1.165) is 11.1 Å². The van der Waals surface area contributed by atoms with E-state index < -0.39 is 5.91 Å². The fourth-order valence-electron chi connectivity index (χ4n) is 2.38. The van der Waals surface area contributed by atoms with Crippen molar-refractivity contribution < 1.29 is 4.79 Å².